The summed E-state index contributed by atoms with van der Waals surface area (Å²) >= 11 is 1.93. The lowest BCUT2D eigenvalue weighted by Gasteiger charge is -2.15. The molecule has 0 aromatic rings. The summed E-state index contributed by atoms with van der Waals surface area (Å²) in [7, 11) is 0. The van der Waals surface area contributed by atoms with Crippen molar-refractivity contribution in [2.75, 3.05) is 19.3 Å². The highest BCUT2D eigenvalue weighted by molar-refractivity contribution is 7.99. The Hall–Kier alpha value is -0.220. The molecule has 86 valence electrons. The number of amides is 1. The van der Waals surface area contributed by atoms with Crippen molar-refractivity contribution in [1.82, 2.24) is 10.6 Å². The molecule has 0 aromatic heterocycles. The highest BCUT2D eigenvalue weighted by atomic mass is 32.2. The van der Waals surface area contributed by atoms with E-state index in [-0.39, 0.29) is 11.8 Å². The summed E-state index contributed by atoms with van der Waals surface area (Å²) in [6.07, 6.45) is 6.75. The van der Waals surface area contributed by atoms with Crippen LogP contribution in [-0.2, 0) is 4.79 Å². The van der Waals surface area contributed by atoms with Gasteiger partial charge in [0.05, 0.1) is 5.92 Å². The van der Waals surface area contributed by atoms with Gasteiger partial charge in [-0.25, -0.2) is 0 Å². The number of hydrogen-bond acceptors (Lipinski definition) is 3. The van der Waals surface area contributed by atoms with Gasteiger partial charge in [-0.15, -0.1) is 0 Å². The first kappa shape index (κ1) is 11.3. The van der Waals surface area contributed by atoms with Crippen molar-refractivity contribution in [2.45, 2.75) is 37.0 Å². The standard InChI is InChI=1S/C11H20N2OS/c1-15-10-3-2-9(6-10)13-11(14)8-4-5-12-7-8/h8-10,12H,2-7H2,1H3,(H,13,14). The number of thioether (sulfide) groups is 1. The molecular weight excluding hydrogens is 208 g/mol. The van der Waals surface area contributed by atoms with Crippen LogP contribution in [0, 0.1) is 5.92 Å². The van der Waals surface area contributed by atoms with Crippen LogP contribution < -0.4 is 10.6 Å². The highest BCUT2D eigenvalue weighted by Gasteiger charge is 2.28. The summed E-state index contributed by atoms with van der Waals surface area (Å²) in [5.41, 5.74) is 0. The van der Waals surface area contributed by atoms with Crippen molar-refractivity contribution in [2.24, 2.45) is 5.92 Å². The molecule has 1 saturated heterocycles. The molecule has 1 heterocycles. The zero-order valence-corrected chi connectivity index (χ0v) is 10.1. The van der Waals surface area contributed by atoms with E-state index in [2.05, 4.69) is 16.9 Å². The molecule has 0 bridgehead atoms. The van der Waals surface area contributed by atoms with Crippen molar-refractivity contribution in [3.8, 4) is 0 Å². The van der Waals surface area contributed by atoms with Gasteiger partial charge >= 0.3 is 0 Å². The van der Waals surface area contributed by atoms with Gasteiger partial charge in [0.1, 0.15) is 0 Å². The SMILES string of the molecule is CSC1CCC(NC(=O)C2CCNC2)C1. The van der Waals surface area contributed by atoms with Gasteiger partial charge in [-0.3, -0.25) is 4.79 Å². The maximum atomic E-state index is 11.8. The zero-order valence-electron chi connectivity index (χ0n) is 9.29. The molecule has 2 aliphatic rings. The zero-order chi connectivity index (χ0) is 10.7. The monoisotopic (exact) mass is 228 g/mol. The van der Waals surface area contributed by atoms with Gasteiger partial charge in [-0.2, -0.15) is 11.8 Å². The smallest absolute Gasteiger partial charge is 0.224 e. The van der Waals surface area contributed by atoms with E-state index in [1.54, 1.807) is 0 Å². The average molecular weight is 228 g/mol. The Morgan fingerprint density at radius 2 is 2.27 bits per heavy atom. The maximum absolute atomic E-state index is 11.8. The van der Waals surface area contributed by atoms with Gasteiger partial charge in [-0.1, -0.05) is 0 Å². The van der Waals surface area contributed by atoms with Gasteiger partial charge in [0.15, 0.2) is 0 Å². The van der Waals surface area contributed by atoms with Crippen LogP contribution in [0.25, 0.3) is 0 Å². The van der Waals surface area contributed by atoms with E-state index in [0.29, 0.717) is 6.04 Å². The van der Waals surface area contributed by atoms with E-state index in [9.17, 15) is 4.79 Å². The molecule has 0 spiro atoms. The number of carbonyl (C=O) groups is 1. The van der Waals surface area contributed by atoms with Crippen molar-refractivity contribution in [3.05, 3.63) is 0 Å². The molecule has 0 radical (unpaired) electrons. The third-order valence-corrected chi connectivity index (χ3v) is 4.59. The third-order valence-electron chi connectivity index (χ3n) is 3.50. The Morgan fingerprint density at radius 3 is 2.87 bits per heavy atom. The van der Waals surface area contributed by atoms with E-state index in [4.69, 9.17) is 0 Å². The van der Waals surface area contributed by atoms with Gasteiger partial charge in [0.2, 0.25) is 5.91 Å². The molecule has 1 aliphatic carbocycles. The number of carbonyl (C=O) groups excluding carboxylic acids is 1. The molecule has 15 heavy (non-hydrogen) atoms. The molecule has 4 heteroatoms. The van der Waals surface area contributed by atoms with Crippen LogP contribution in [0.4, 0.5) is 0 Å². The van der Waals surface area contributed by atoms with Crippen molar-refractivity contribution in [3.63, 3.8) is 0 Å². The minimum Gasteiger partial charge on any atom is -0.353 e. The first-order valence-electron chi connectivity index (χ1n) is 5.83. The van der Waals surface area contributed by atoms with Crippen molar-refractivity contribution in [1.29, 1.82) is 0 Å². The minimum atomic E-state index is 0.221. The van der Waals surface area contributed by atoms with Crippen LogP contribution in [0.3, 0.4) is 0 Å². The summed E-state index contributed by atoms with van der Waals surface area (Å²) in [4.78, 5) is 11.8. The number of rotatable bonds is 3. The Labute approximate surface area is 95.8 Å². The quantitative estimate of drug-likeness (QED) is 0.757. The minimum absolute atomic E-state index is 0.221. The Morgan fingerprint density at radius 1 is 1.40 bits per heavy atom. The summed E-state index contributed by atoms with van der Waals surface area (Å²) < 4.78 is 0. The van der Waals surface area contributed by atoms with E-state index in [1.165, 1.54) is 6.42 Å². The maximum Gasteiger partial charge on any atom is 0.224 e. The van der Waals surface area contributed by atoms with E-state index in [0.717, 1.165) is 37.6 Å². The lowest BCUT2D eigenvalue weighted by Crippen LogP contribution is -2.38. The van der Waals surface area contributed by atoms with Crippen LogP contribution in [0.15, 0.2) is 0 Å². The van der Waals surface area contributed by atoms with Crippen LogP contribution in [-0.4, -0.2) is 36.5 Å². The Kier molecular flexibility index (Phi) is 3.92. The first-order chi connectivity index (χ1) is 7.29. The predicted molar refractivity (Wildman–Crippen MR) is 64.1 cm³/mol. The lowest BCUT2D eigenvalue weighted by atomic mass is 10.1. The molecule has 3 atom stereocenters. The second-order valence-corrected chi connectivity index (χ2v) is 5.70. The van der Waals surface area contributed by atoms with Crippen molar-refractivity contribution >= 4 is 17.7 Å². The summed E-state index contributed by atoms with van der Waals surface area (Å²) in [5, 5.41) is 7.19. The van der Waals surface area contributed by atoms with E-state index < -0.39 is 0 Å². The van der Waals surface area contributed by atoms with Gasteiger partial charge in [-0.05, 0) is 38.5 Å². The fraction of sp³-hybridized carbons (Fsp3) is 0.909. The normalized spacial score (nSPS) is 35.7. The highest BCUT2D eigenvalue weighted by Crippen LogP contribution is 2.28. The van der Waals surface area contributed by atoms with Gasteiger partial charge < -0.3 is 10.6 Å². The third kappa shape index (κ3) is 2.88. The topological polar surface area (TPSA) is 41.1 Å². The molecule has 1 saturated carbocycles. The average Bonchev–Trinajstić information content (AvgIpc) is 2.87. The summed E-state index contributed by atoms with van der Waals surface area (Å²) in [6, 6.07) is 0.440. The molecule has 2 N–H and O–H groups in total. The second kappa shape index (κ2) is 5.21. The predicted octanol–water partition coefficient (Wildman–Crippen LogP) is 0.996. The van der Waals surface area contributed by atoms with Crippen LogP contribution in [0.1, 0.15) is 25.7 Å². The fourth-order valence-corrected chi connectivity index (χ4v) is 3.28. The van der Waals surface area contributed by atoms with Crippen LogP contribution in [0.2, 0.25) is 0 Å². The summed E-state index contributed by atoms with van der Waals surface area (Å²) in [6.45, 7) is 1.86. The van der Waals surface area contributed by atoms with E-state index >= 15 is 0 Å². The van der Waals surface area contributed by atoms with Crippen molar-refractivity contribution < 1.29 is 4.79 Å². The molecule has 0 aromatic carbocycles. The molecule has 1 amide bonds. The first-order valence-corrected chi connectivity index (χ1v) is 7.12. The Balaban J connectivity index is 1.74. The van der Waals surface area contributed by atoms with Gasteiger partial charge in [0.25, 0.3) is 0 Å². The van der Waals surface area contributed by atoms with E-state index in [1.807, 2.05) is 11.8 Å². The van der Waals surface area contributed by atoms with Gasteiger partial charge in [0, 0.05) is 17.8 Å². The van der Waals surface area contributed by atoms with Crippen LogP contribution in [0.5, 0.6) is 0 Å². The molecular formula is C11H20N2OS. The largest absolute Gasteiger partial charge is 0.353 e. The fourth-order valence-electron chi connectivity index (χ4n) is 2.48. The molecule has 2 rings (SSSR count). The lowest BCUT2D eigenvalue weighted by molar-refractivity contribution is -0.125. The number of hydrogen-bond donors (Lipinski definition) is 2. The summed E-state index contributed by atoms with van der Waals surface area (Å²) in [5.74, 6) is 0.491. The Bertz CT molecular complexity index is 229. The molecule has 1 aliphatic heterocycles. The molecule has 2 fully saturated rings. The van der Waals surface area contributed by atoms with Crippen LogP contribution >= 0.6 is 11.8 Å². The number of nitrogens with one attached hydrogen (secondary N) is 2. The molecule has 3 unspecified atom stereocenters. The molecule has 3 nitrogen and oxygen atoms in total. The second-order valence-electron chi connectivity index (χ2n) is 4.57.